The number of ether oxygens (including phenoxy) is 1. The van der Waals surface area contributed by atoms with Crippen molar-refractivity contribution in [1.29, 1.82) is 0 Å². The van der Waals surface area contributed by atoms with Gasteiger partial charge >= 0.3 is 5.97 Å². The largest absolute Gasteiger partial charge is 0.459 e. The molecule has 2 unspecified atom stereocenters. The third-order valence-corrected chi connectivity index (χ3v) is 4.98. The van der Waals surface area contributed by atoms with Gasteiger partial charge in [0.1, 0.15) is 6.10 Å². The van der Waals surface area contributed by atoms with Crippen LogP contribution in [0.2, 0.25) is 5.02 Å². The van der Waals surface area contributed by atoms with Gasteiger partial charge in [-0.05, 0) is 37.6 Å². The van der Waals surface area contributed by atoms with Crippen LogP contribution in [0.15, 0.2) is 30.8 Å². The molecule has 2 heterocycles. The van der Waals surface area contributed by atoms with Gasteiger partial charge in [0.25, 0.3) is 0 Å². The molecule has 21 heavy (non-hydrogen) atoms. The molecule has 1 aromatic carbocycles. The van der Waals surface area contributed by atoms with Crippen LogP contribution in [0.1, 0.15) is 31.2 Å². The third kappa shape index (κ3) is 2.99. The Morgan fingerprint density at radius 2 is 2.00 bits per heavy atom. The van der Waals surface area contributed by atoms with Crippen LogP contribution in [0.25, 0.3) is 5.57 Å². The molecule has 2 saturated heterocycles. The van der Waals surface area contributed by atoms with E-state index in [9.17, 15) is 4.79 Å². The van der Waals surface area contributed by atoms with Crippen molar-refractivity contribution in [3.8, 4) is 0 Å². The lowest BCUT2D eigenvalue weighted by Crippen LogP contribution is -2.43. The number of carbonyl (C=O) groups is 1. The Bertz CT molecular complexity index is 558. The molecular weight excluding hydrogens is 286 g/mol. The standard InChI is InChI=1S/C17H20ClNO2/c1-11(12-4-3-5-13(18)8-12)17(20)21-16-9-14-6-7-15(10-16)19(14)2/h3-5,8,14-16H,1,6-7,9-10H2,2H3. The van der Waals surface area contributed by atoms with Gasteiger partial charge in [-0.2, -0.15) is 0 Å². The lowest BCUT2D eigenvalue weighted by Gasteiger charge is -2.35. The Hall–Kier alpha value is -1.32. The molecule has 0 aromatic heterocycles. The van der Waals surface area contributed by atoms with E-state index in [0.717, 1.165) is 18.4 Å². The van der Waals surface area contributed by atoms with E-state index in [-0.39, 0.29) is 12.1 Å². The normalized spacial score (nSPS) is 28.4. The van der Waals surface area contributed by atoms with Crippen LogP contribution >= 0.6 is 11.6 Å². The smallest absolute Gasteiger partial charge is 0.338 e. The van der Waals surface area contributed by atoms with Crippen LogP contribution in [0.5, 0.6) is 0 Å². The Morgan fingerprint density at radius 1 is 1.33 bits per heavy atom. The van der Waals surface area contributed by atoms with Crippen LogP contribution in [0, 0.1) is 0 Å². The second-order valence-corrected chi connectivity index (χ2v) is 6.47. The number of piperidine rings is 1. The first-order chi connectivity index (χ1) is 10.0. The highest BCUT2D eigenvalue weighted by molar-refractivity contribution is 6.31. The molecule has 2 atom stereocenters. The highest BCUT2D eigenvalue weighted by atomic mass is 35.5. The Kier molecular flexibility index (Phi) is 4.05. The van der Waals surface area contributed by atoms with Crippen LogP contribution in [0.3, 0.4) is 0 Å². The summed E-state index contributed by atoms with van der Waals surface area (Å²) in [5.41, 5.74) is 1.10. The summed E-state index contributed by atoms with van der Waals surface area (Å²) in [7, 11) is 2.17. The van der Waals surface area contributed by atoms with Gasteiger partial charge in [-0.3, -0.25) is 0 Å². The van der Waals surface area contributed by atoms with Gasteiger partial charge in [-0.15, -0.1) is 0 Å². The number of rotatable bonds is 3. The molecule has 0 radical (unpaired) electrons. The fourth-order valence-electron chi connectivity index (χ4n) is 3.47. The molecular formula is C17H20ClNO2. The first kappa shape index (κ1) is 14.6. The van der Waals surface area contributed by atoms with E-state index >= 15 is 0 Å². The van der Waals surface area contributed by atoms with E-state index in [1.807, 2.05) is 12.1 Å². The molecule has 0 spiro atoms. The highest BCUT2D eigenvalue weighted by Crippen LogP contribution is 2.36. The Balaban J connectivity index is 1.63. The van der Waals surface area contributed by atoms with Crippen LogP contribution in [-0.2, 0) is 9.53 Å². The number of hydrogen-bond donors (Lipinski definition) is 0. The monoisotopic (exact) mass is 305 g/mol. The van der Waals surface area contributed by atoms with E-state index in [4.69, 9.17) is 16.3 Å². The predicted molar refractivity (Wildman–Crippen MR) is 84.2 cm³/mol. The molecule has 4 heteroatoms. The van der Waals surface area contributed by atoms with Gasteiger partial charge in [-0.25, -0.2) is 4.79 Å². The number of carbonyl (C=O) groups excluding carboxylic acids is 1. The van der Waals surface area contributed by atoms with E-state index in [1.54, 1.807) is 12.1 Å². The molecule has 3 rings (SSSR count). The molecule has 112 valence electrons. The third-order valence-electron chi connectivity index (χ3n) is 4.75. The summed E-state index contributed by atoms with van der Waals surface area (Å²) in [4.78, 5) is 14.7. The average molecular weight is 306 g/mol. The van der Waals surface area contributed by atoms with E-state index in [2.05, 4.69) is 18.5 Å². The first-order valence-electron chi connectivity index (χ1n) is 7.42. The van der Waals surface area contributed by atoms with Crippen molar-refractivity contribution in [2.75, 3.05) is 7.05 Å². The quantitative estimate of drug-likeness (QED) is 0.632. The summed E-state index contributed by atoms with van der Waals surface area (Å²) in [6.07, 6.45) is 4.31. The minimum Gasteiger partial charge on any atom is -0.459 e. The number of fused-ring (bicyclic) bond motifs is 2. The molecule has 3 nitrogen and oxygen atoms in total. The van der Waals surface area contributed by atoms with Gasteiger partial charge < -0.3 is 9.64 Å². The summed E-state index contributed by atoms with van der Waals surface area (Å²) < 4.78 is 5.67. The second-order valence-electron chi connectivity index (χ2n) is 6.04. The van der Waals surface area contributed by atoms with Crippen molar-refractivity contribution in [2.45, 2.75) is 43.9 Å². The minimum atomic E-state index is -0.328. The lowest BCUT2D eigenvalue weighted by atomic mass is 10.0. The lowest BCUT2D eigenvalue weighted by molar-refractivity contribution is -0.145. The Labute approximate surface area is 130 Å². The molecule has 1 aromatic rings. The SMILES string of the molecule is C=C(C(=O)OC1CC2CCC(C1)N2C)c1cccc(Cl)c1. The predicted octanol–water partition coefficient (Wildman–Crippen LogP) is 3.52. The van der Waals surface area contributed by atoms with Crippen molar-refractivity contribution in [2.24, 2.45) is 0 Å². The minimum absolute atomic E-state index is 0.0159. The maximum atomic E-state index is 12.3. The number of nitrogens with zero attached hydrogens (tertiary/aromatic N) is 1. The van der Waals surface area contributed by atoms with Gasteiger partial charge in [-0.1, -0.05) is 30.3 Å². The second kappa shape index (κ2) is 5.82. The number of benzene rings is 1. The zero-order valence-corrected chi connectivity index (χ0v) is 13.0. The summed E-state index contributed by atoms with van der Waals surface area (Å²) in [6, 6.07) is 8.27. The van der Waals surface area contributed by atoms with Gasteiger partial charge in [0.2, 0.25) is 0 Å². The van der Waals surface area contributed by atoms with Crippen LogP contribution < -0.4 is 0 Å². The molecule has 0 saturated carbocycles. The summed E-state index contributed by atoms with van der Waals surface area (Å²) in [5, 5.41) is 0.596. The van der Waals surface area contributed by atoms with E-state index in [1.165, 1.54) is 12.8 Å². The number of halogens is 1. The molecule has 2 aliphatic rings. The number of hydrogen-bond acceptors (Lipinski definition) is 3. The first-order valence-corrected chi connectivity index (χ1v) is 7.80. The average Bonchev–Trinajstić information content (AvgIpc) is 2.69. The van der Waals surface area contributed by atoms with Crippen molar-refractivity contribution in [1.82, 2.24) is 4.90 Å². The van der Waals surface area contributed by atoms with Crippen LogP contribution in [0.4, 0.5) is 0 Å². The van der Waals surface area contributed by atoms with E-state index in [0.29, 0.717) is 22.7 Å². The maximum absolute atomic E-state index is 12.3. The Morgan fingerprint density at radius 3 is 2.62 bits per heavy atom. The van der Waals surface area contributed by atoms with Crippen molar-refractivity contribution in [3.05, 3.63) is 41.4 Å². The summed E-state index contributed by atoms with van der Waals surface area (Å²) in [5.74, 6) is -0.328. The molecule has 0 aliphatic carbocycles. The van der Waals surface area contributed by atoms with Crippen molar-refractivity contribution < 1.29 is 9.53 Å². The van der Waals surface area contributed by atoms with Crippen LogP contribution in [-0.4, -0.2) is 36.1 Å². The van der Waals surface area contributed by atoms with Gasteiger partial charge in [0, 0.05) is 29.9 Å². The zero-order chi connectivity index (χ0) is 15.0. The topological polar surface area (TPSA) is 29.5 Å². The molecule has 2 fully saturated rings. The summed E-state index contributed by atoms with van der Waals surface area (Å²) >= 11 is 5.95. The fraction of sp³-hybridized carbons (Fsp3) is 0.471. The molecule has 0 amide bonds. The molecule has 2 bridgehead atoms. The molecule has 2 aliphatic heterocycles. The van der Waals surface area contributed by atoms with E-state index < -0.39 is 0 Å². The van der Waals surface area contributed by atoms with Crippen molar-refractivity contribution in [3.63, 3.8) is 0 Å². The maximum Gasteiger partial charge on any atom is 0.338 e. The van der Waals surface area contributed by atoms with Gasteiger partial charge in [0.05, 0.1) is 5.57 Å². The highest BCUT2D eigenvalue weighted by Gasteiger charge is 2.40. The van der Waals surface area contributed by atoms with Gasteiger partial charge in [0.15, 0.2) is 0 Å². The van der Waals surface area contributed by atoms with Crippen molar-refractivity contribution >= 4 is 23.1 Å². The number of esters is 1. The summed E-state index contributed by atoms with van der Waals surface area (Å²) in [6.45, 7) is 3.86. The molecule has 0 N–H and O–H groups in total. The fourth-order valence-corrected chi connectivity index (χ4v) is 3.66. The zero-order valence-electron chi connectivity index (χ0n) is 12.2.